The van der Waals surface area contributed by atoms with Gasteiger partial charge in [-0.15, -0.1) is 0 Å². The second-order valence-corrected chi connectivity index (χ2v) is 5.06. The van der Waals surface area contributed by atoms with Crippen molar-refractivity contribution in [1.82, 2.24) is 0 Å². The Balaban J connectivity index is 2.73. The number of benzene rings is 1. The summed E-state index contributed by atoms with van der Waals surface area (Å²) in [6, 6.07) is 8.77. The average Bonchev–Trinajstić information content (AvgIpc) is 2.30. The lowest BCUT2D eigenvalue weighted by atomic mass is 10.4. The van der Waals surface area contributed by atoms with Crippen LogP contribution in [0.15, 0.2) is 30.3 Å². The molecule has 0 heterocycles. The molecule has 0 spiro atoms. The van der Waals surface area contributed by atoms with Crippen molar-refractivity contribution < 1.29 is 18.7 Å². The maximum Gasteiger partial charge on any atom is 0.361 e. The summed E-state index contributed by atoms with van der Waals surface area (Å²) in [7, 11) is -1.84. The summed E-state index contributed by atoms with van der Waals surface area (Å²) >= 11 is 0. The fourth-order valence-electron chi connectivity index (χ4n) is 1.09. The fourth-order valence-corrected chi connectivity index (χ4v) is 2.46. The van der Waals surface area contributed by atoms with Crippen molar-refractivity contribution in [3.63, 3.8) is 0 Å². The number of aliphatic hydroxyl groups is 1. The van der Waals surface area contributed by atoms with Gasteiger partial charge in [0, 0.05) is 13.7 Å². The molecule has 5 heteroatoms. The van der Waals surface area contributed by atoms with Crippen LogP contribution >= 0.6 is 7.60 Å². The molecule has 0 aromatic heterocycles. The Kier molecular flexibility index (Phi) is 4.99. The molecule has 0 saturated carbocycles. The van der Waals surface area contributed by atoms with Gasteiger partial charge in [0.15, 0.2) is 0 Å². The van der Waals surface area contributed by atoms with E-state index in [-0.39, 0.29) is 13.2 Å². The van der Waals surface area contributed by atoms with Crippen LogP contribution in [0.2, 0.25) is 0 Å². The Hall–Kier alpha value is -0.670. The van der Waals surface area contributed by atoms with Crippen molar-refractivity contribution in [1.29, 1.82) is 0 Å². The van der Waals surface area contributed by atoms with E-state index in [1.165, 1.54) is 7.11 Å². The van der Waals surface area contributed by atoms with Crippen LogP contribution < -0.4 is 5.30 Å². The molecule has 1 aromatic rings. The topological polar surface area (TPSA) is 55.8 Å². The SMILES string of the molecule is COP(=O)(OCCCO)c1ccccc1. The largest absolute Gasteiger partial charge is 0.396 e. The van der Waals surface area contributed by atoms with Crippen molar-refractivity contribution >= 4 is 12.9 Å². The van der Waals surface area contributed by atoms with E-state index < -0.39 is 7.60 Å². The quantitative estimate of drug-likeness (QED) is 0.595. The van der Waals surface area contributed by atoms with Gasteiger partial charge in [-0.05, 0) is 18.6 Å². The van der Waals surface area contributed by atoms with Crippen molar-refractivity contribution in [2.75, 3.05) is 20.3 Å². The maximum atomic E-state index is 12.1. The van der Waals surface area contributed by atoms with Gasteiger partial charge in [-0.1, -0.05) is 18.2 Å². The minimum Gasteiger partial charge on any atom is -0.396 e. The van der Waals surface area contributed by atoms with Gasteiger partial charge in [0.25, 0.3) is 0 Å². The average molecular weight is 230 g/mol. The predicted octanol–water partition coefficient (Wildman–Crippen LogP) is 1.55. The third kappa shape index (κ3) is 3.43. The zero-order valence-electron chi connectivity index (χ0n) is 8.63. The molecule has 0 amide bonds. The summed E-state index contributed by atoms with van der Waals surface area (Å²) in [6.45, 7) is 0.231. The van der Waals surface area contributed by atoms with Gasteiger partial charge in [-0.2, -0.15) is 0 Å². The zero-order chi connectivity index (χ0) is 11.1. The molecular weight excluding hydrogens is 215 g/mol. The first-order chi connectivity index (χ1) is 7.23. The van der Waals surface area contributed by atoms with Gasteiger partial charge >= 0.3 is 7.60 Å². The van der Waals surface area contributed by atoms with Crippen molar-refractivity contribution in [3.05, 3.63) is 30.3 Å². The van der Waals surface area contributed by atoms with Crippen molar-refractivity contribution in [2.45, 2.75) is 6.42 Å². The lowest BCUT2D eigenvalue weighted by molar-refractivity contribution is 0.207. The van der Waals surface area contributed by atoms with Crippen LogP contribution in [0.25, 0.3) is 0 Å². The summed E-state index contributed by atoms with van der Waals surface area (Å²) in [4.78, 5) is 0. The number of hydrogen-bond donors (Lipinski definition) is 1. The van der Waals surface area contributed by atoms with Gasteiger partial charge in [0.1, 0.15) is 0 Å². The van der Waals surface area contributed by atoms with Gasteiger partial charge in [0.05, 0.1) is 11.9 Å². The van der Waals surface area contributed by atoms with Crippen LogP contribution in [0.4, 0.5) is 0 Å². The summed E-state index contributed by atoms with van der Waals surface area (Å²) in [5.74, 6) is 0. The molecule has 1 unspecified atom stereocenters. The van der Waals surface area contributed by atoms with E-state index in [0.29, 0.717) is 11.7 Å². The van der Waals surface area contributed by atoms with Gasteiger partial charge < -0.3 is 14.2 Å². The minimum atomic E-state index is -3.19. The highest BCUT2D eigenvalue weighted by molar-refractivity contribution is 7.62. The smallest absolute Gasteiger partial charge is 0.361 e. The molecule has 0 radical (unpaired) electrons. The first-order valence-corrected chi connectivity index (χ1v) is 6.24. The zero-order valence-corrected chi connectivity index (χ0v) is 9.52. The molecule has 0 aliphatic carbocycles. The third-order valence-corrected chi connectivity index (χ3v) is 3.81. The fraction of sp³-hybridized carbons (Fsp3) is 0.400. The molecule has 1 aromatic carbocycles. The van der Waals surface area contributed by atoms with E-state index in [1.54, 1.807) is 24.3 Å². The molecule has 1 atom stereocenters. The Morgan fingerprint density at radius 2 is 2.00 bits per heavy atom. The lowest BCUT2D eigenvalue weighted by Crippen LogP contribution is -2.09. The maximum absolute atomic E-state index is 12.1. The van der Waals surface area contributed by atoms with Gasteiger partial charge in [-0.3, -0.25) is 4.57 Å². The summed E-state index contributed by atoms with van der Waals surface area (Å²) < 4.78 is 22.2. The third-order valence-electron chi connectivity index (χ3n) is 1.88. The van der Waals surface area contributed by atoms with E-state index in [4.69, 9.17) is 14.2 Å². The van der Waals surface area contributed by atoms with E-state index in [1.807, 2.05) is 6.07 Å². The second-order valence-electron chi connectivity index (χ2n) is 2.93. The van der Waals surface area contributed by atoms with Crippen LogP contribution in [-0.4, -0.2) is 25.4 Å². The lowest BCUT2D eigenvalue weighted by Gasteiger charge is -2.15. The number of hydrogen-bond acceptors (Lipinski definition) is 4. The van der Waals surface area contributed by atoms with E-state index >= 15 is 0 Å². The first kappa shape index (κ1) is 12.4. The Labute approximate surface area is 89.4 Å². The molecule has 15 heavy (non-hydrogen) atoms. The number of rotatable bonds is 6. The molecule has 0 bridgehead atoms. The first-order valence-electron chi connectivity index (χ1n) is 4.70. The van der Waals surface area contributed by atoms with E-state index in [9.17, 15) is 4.57 Å². The van der Waals surface area contributed by atoms with Crippen LogP contribution in [-0.2, 0) is 13.6 Å². The standard InChI is InChI=1S/C10H15O4P/c1-13-15(12,14-9-5-8-11)10-6-3-2-4-7-10/h2-4,6-7,11H,5,8-9H2,1H3. The summed E-state index contributed by atoms with van der Waals surface area (Å²) in [6.07, 6.45) is 0.445. The molecule has 0 aliphatic rings. The summed E-state index contributed by atoms with van der Waals surface area (Å²) in [5.41, 5.74) is 0. The molecule has 0 fully saturated rings. The number of aliphatic hydroxyl groups excluding tert-OH is 1. The predicted molar refractivity (Wildman–Crippen MR) is 58.3 cm³/mol. The molecule has 0 saturated heterocycles. The van der Waals surface area contributed by atoms with Crippen LogP contribution in [0.3, 0.4) is 0 Å². The van der Waals surface area contributed by atoms with Crippen LogP contribution in [0, 0.1) is 0 Å². The second kappa shape index (κ2) is 6.03. The van der Waals surface area contributed by atoms with E-state index in [2.05, 4.69) is 0 Å². The highest BCUT2D eigenvalue weighted by atomic mass is 31.2. The normalized spacial score (nSPS) is 14.8. The van der Waals surface area contributed by atoms with E-state index in [0.717, 1.165) is 0 Å². The Morgan fingerprint density at radius 3 is 2.53 bits per heavy atom. The van der Waals surface area contributed by atoms with Gasteiger partial charge in [-0.25, -0.2) is 0 Å². The Morgan fingerprint density at radius 1 is 1.33 bits per heavy atom. The summed E-state index contributed by atoms with van der Waals surface area (Å²) in [5, 5.41) is 9.13. The van der Waals surface area contributed by atoms with Crippen molar-refractivity contribution in [2.24, 2.45) is 0 Å². The molecule has 0 aliphatic heterocycles. The van der Waals surface area contributed by atoms with Crippen LogP contribution in [0.1, 0.15) is 6.42 Å². The minimum absolute atomic E-state index is 0.0124. The molecule has 84 valence electrons. The molecule has 1 N–H and O–H groups in total. The molecular formula is C10H15O4P. The van der Waals surface area contributed by atoms with Crippen molar-refractivity contribution in [3.8, 4) is 0 Å². The van der Waals surface area contributed by atoms with Gasteiger partial charge in [0.2, 0.25) is 0 Å². The highest BCUT2D eigenvalue weighted by Crippen LogP contribution is 2.45. The monoisotopic (exact) mass is 230 g/mol. The Bertz CT molecular complexity index is 325. The molecule has 1 rings (SSSR count). The highest BCUT2D eigenvalue weighted by Gasteiger charge is 2.25. The molecule has 4 nitrogen and oxygen atoms in total. The van der Waals surface area contributed by atoms with Crippen LogP contribution in [0.5, 0.6) is 0 Å².